The molecule has 0 saturated heterocycles. The lowest BCUT2D eigenvalue weighted by Gasteiger charge is -2.25. The molecule has 0 aromatic heterocycles. The van der Waals surface area contributed by atoms with Gasteiger partial charge in [0.05, 0.1) is 11.6 Å². The average Bonchev–Trinajstić information content (AvgIpc) is 2.42. The maximum Gasteiger partial charge on any atom is 0.167 e. The molecule has 1 aromatic carbocycles. The van der Waals surface area contributed by atoms with Crippen LogP contribution in [0.1, 0.15) is 52.7 Å². The fourth-order valence-electron chi connectivity index (χ4n) is 2.08. The van der Waals surface area contributed by atoms with Gasteiger partial charge in [0.1, 0.15) is 5.76 Å². The Kier molecular flexibility index (Phi) is 5.19. The minimum Gasteiger partial charge on any atom is -0.511 e. The quantitative estimate of drug-likeness (QED) is 0.656. The summed E-state index contributed by atoms with van der Waals surface area (Å²) in [5, 5.41) is 19.4. The second-order valence-corrected chi connectivity index (χ2v) is 7.64. The summed E-state index contributed by atoms with van der Waals surface area (Å²) in [5.41, 5.74) is 0.896. The molecule has 0 bridgehead atoms. The monoisotopic (exact) mass is 299 g/mol. The molecule has 0 aliphatic carbocycles. The van der Waals surface area contributed by atoms with Gasteiger partial charge in [-0.05, 0) is 17.7 Å². The van der Waals surface area contributed by atoms with Crippen LogP contribution < -0.4 is 0 Å². The van der Waals surface area contributed by atoms with Gasteiger partial charge in [-0.3, -0.25) is 4.79 Å². The summed E-state index contributed by atoms with van der Waals surface area (Å²) in [5.74, 6) is 0.0843. The molecule has 22 heavy (non-hydrogen) atoms. The molecule has 0 aliphatic heterocycles. The van der Waals surface area contributed by atoms with E-state index in [1.807, 2.05) is 53.7 Å². The summed E-state index contributed by atoms with van der Waals surface area (Å²) in [4.78, 5) is 12.7. The number of hydrogen-bond donors (Lipinski definition) is 1. The summed E-state index contributed by atoms with van der Waals surface area (Å²) in [6.45, 7) is 11.2. The van der Waals surface area contributed by atoms with Crippen molar-refractivity contribution in [2.45, 2.75) is 48.0 Å². The van der Waals surface area contributed by atoms with E-state index >= 15 is 0 Å². The van der Waals surface area contributed by atoms with E-state index < -0.39 is 10.8 Å². The Morgan fingerprint density at radius 1 is 1.05 bits per heavy atom. The second kappa shape index (κ2) is 6.36. The molecule has 3 nitrogen and oxygen atoms in total. The maximum absolute atomic E-state index is 12.7. The SMILES string of the molecule is CC(C)(C)C(=O)C(Cc1ccc(C#N)cc1)=C(O)C(C)(C)C. The largest absolute Gasteiger partial charge is 0.511 e. The molecule has 0 spiro atoms. The highest BCUT2D eigenvalue weighted by Gasteiger charge is 2.31. The van der Waals surface area contributed by atoms with Crippen LogP contribution in [-0.4, -0.2) is 10.9 Å². The predicted molar refractivity (Wildman–Crippen MR) is 88.4 cm³/mol. The van der Waals surface area contributed by atoms with E-state index in [0.29, 0.717) is 17.6 Å². The smallest absolute Gasteiger partial charge is 0.167 e. The van der Waals surface area contributed by atoms with Crippen molar-refractivity contribution < 1.29 is 9.90 Å². The minimum atomic E-state index is -0.554. The van der Waals surface area contributed by atoms with Gasteiger partial charge in [0.25, 0.3) is 0 Å². The molecule has 0 amide bonds. The molecule has 1 N–H and O–H groups in total. The third-order valence-electron chi connectivity index (χ3n) is 3.42. The number of ketones is 1. The van der Waals surface area contributed by atoms with Gasteiger partial charge in [0.2, 0.25) is 0 Å². The number of benzene rings is 1. The topological polar surface area (TPSA) is 61.1 Å². The molecular weight excluding hydrogens is 274 g/mol. The van der Waals surface area contributed by atoms with Crippen molar-refractivity contribution in [2.75, 3.05) is 0 Å². The molecule has 0 fully saturated rings. The van der Waals surface area contributed by atoms with E-state index in [-0.39, 0.29) is 11.5 Å². The number of carbonyl (C=O) groups excluding carboxylic acids is 1. The molecule has 1 aromatic rings. The van der Waals surface area contributed by atoms with Crippen LogP contribution in [0.25, 0.3) is 0 Å². The van der Waals surface area contributed by atoms with Gasteiger partial charge in [0, 0.05) is 22.8 Å². The number of aliphatic hydroxyl groups is 1. The Balaban J connectivity index is 3.28. The van der Waals surface area contributed by atoms with Crippen LogP contribution in [0.3, 0.4) is 0 Å². The minimum absolute atomic E-state index is 0.0516. The zero-order valence-electron chi connectivity index (χ0n) is 14.3. The van der Waals surface area contributed by atoms with E-state index in [1.165, 1.54) is 0 Å². The predicted octanol–water partition coefficient (Wildman–Crippen LogP) is 4.57. The van der Waals surface area contributed by atoms with E-state index in [2.05, 4.69) is 6.07 Å². The van der Waals surface area contributed by atoms with E-state index in [1.54, 1.807) is 12.1 Å². The number of hydrogen-bond acceptors (Lipinski definition) is 3. The first kappa shape index (κ1) is 18.0. The second-order valence-electron chi connectivity index (χ2n) is 7.64. The molecule has 3 heteroatoms. The Bertz CT molecular complexity index is 617. The summed E-state index contributed by atoms with van der Waals surface area (Å²) in [7, 11) is 0. The molecule has 0 saturated carbocycles. The zero-order chi connectivity index (χ0) is 17.1. The van der Waals surface area contributed by atoms with E-state index in [4.69, 9.17) is 5.26 Å². The lowest BCUT2D eigenvalue weighted by Crippen LogP contribution is -2.27. The standard InChI is InChI=1S/C19H25NO2/c1-18(2,3)16(21)15(17(22)19(4,5)6)11-13-7-9-14(12-20)10-8-13/h7-10,21H,11H2,1-6H3. The van der Waals surface area contributed by atoms with Crippen LogP contribution >= 0.6 is 0 Å². The first-order valence-corrected chi connectivity index (χ1v) is 7.43. The fraction of sp³-hybridized carbons (Fsp3) is 0.474. The molecule has 0 atom stereocenters. The van der Waals surface area contributed by atoms with Gasteiger partial charge >= 0.3 is 0 Å². The number of rotatable bonds is 3. The van der Waals surface area contributed by atoms with Gasteiger partial charge < -0.3 is 5.11 Å². The molecule has 0 radical (unpaired) electrons. The Hall–Kier alpha value is -2.08. The Morgan fingerprint density at radius 2 is 1.55 bits per heavy atom. The van der Waals surface area contributed by atoms with Crippen molar-refractivity contribution in [3.63, 3.8) is 0 Å². The van der Waals surface area contributed by atoms with Crippen LogP contribution in [0.4, 0.5) is 0 Å². The molecular formula is C19H25NO2. The van der Waals surface area contributed by atoms with Gasteiger partial charge in [-0.2, -0.15) is 5.26 Å². The van der Waals surface area contributed by atoms with Gasteiger partial charge in [-0.25, -0.2) is 0 Å². The molecule has 0 aliphatic rings. The Labute approximate surface area is 133 Å². The third kappa shape index (κ3) is 4.46. The first-order valence-electron chi connectivity index (χ1n) is 7.43. The van der Waals surface area contributed by atoms with Crippen molar-refractivity contribution >= 4 is 5.78 Å². The zero-order valence-corrected chi connectivity index (χ0v) is 14.3. The number of aliphatic hydroxyl groups excluding tert-OH is 1. The normalized spacial score (nSPS) is 13.3. The summed E-state index contributed by atoms with van der Waals surface area (Å²) >= 11 is 0. The number of Topliss-reactive ketones (excluding diaryl/α,β-unsaturated/α-hetero) is 1. The summed E-state index contributed by atoms with van der Waals surface area (Å²) < 4.78 is 0. The van der Waals surface area contributed by atoms with Crippen LogP contribution in [0, 0.1) is 22.2 Å². The molecule has 0 heterocycles. The maximum atomic E-state index is 12.7. The highest BCUT2D eigenvalue weighted by atomic mass is 16.3. The first-order chi connectivity index (χ1) is 9.96. The van der Waals surface area contributed by atoms with Gasteiger partial charge in [0.15, 0.2) is 5.78 Å². The van der Waals surface area contributed by atoms with Crippen LogP contribution in [0.15, 0.2) is 35.6 Å². The van der Waals surface area contributed by atoms with Crippen LogP contribution in [0.5, 0.6) is 0 Å². The molecule has 0 unspecified atom stereocenters. The van der Waals surface area contributed by atoms with Crippen molar-refractivity contribution in [3.8, 4) is 6.07 Å². The van der Waals surface area contributed by atoms with Crippen molar-refractivity contribution in [3.05, 3.63) is 46.7 Å². The highest BCUT2D eigenvalue weighted by Crippen LogP contribution is 2.31. The number of nitrogens with zero attached hydrogens (tertiary/aromatic N) is 1. The van der Waals surface area contributed by atoms with Gasteiger partial charge in [-0.15, -0.1) is 0 Å². The highest BCUT2D eigenvalue weighted by molar-refractivity contribution is 6.00. The van der Waals surface area contributed by atoms with E-state index in [9.17, 15) is 9.90 Å². The number of nitriles is 1. The van der Waals surface area contributed by atoms with Gasteiger partial charge in [-0.1, -0.05) is 53.7 Å². The van der Waals surface area contributed by atoms with Crippen LogP contribution in [-0.2, 0) is 11.2 Å². The van der Waals surface area contributed by atoms with Crippen molar-refractivity contribution in [1.82, 2.24) is 0 Å². The Morgan fingerprint density at radius 3 is 1.91 bits per heavy atom. The van der Waals surface area contributed by atoms with Crippen molar-refractivity contribution in [2.24, 2.45) is 10.8 Å². The molecule has 1 rings (SSSR count). The summed E-state index contributed by atoms with van der Waals surface area (Å²) in [6, 6.07) is 9.17. The lowest BCUT2D eigenvalue weighted by atomic mass is 9.79. The fourth-order valence-corrected chi connectivity index (χ4v) is 2.08. The molecule has 118 valence electrons. The number of allylic oxidation sites excluding steroid dienone is 2. The van der Waals surface area contributed by atoms with Crippen LogP contribution in [0.2, 0.25) is 0 Å². The number of carbonyl (C=O) groups is 1. The third-order valence-corrected chi connectivity index (χ3v) is 3.42. The summed E-state index contributed by atoms with van der Waals surface area (Å²) in [6.07, 6.45) is 0.366. The lowest BCUT2D eigenvalue weighted by molar-refractivity contribution is -0.122. The average molecular weight is 299 g/mol. The van der Waals surface area contributed by atoms with Crippen molar-refractivity contribution in [1.29, 1.82) is 5.26 Å². The van der Waals surface area contributed by atoms with E-state index in [0.717, 1.165) is 5.56 Å².